The molecule has 4 rings (SSSR count). The molecule has 0 saturated heterocycles. The molecule has 0 bridgehead atoms. The molecule has 2 aromatic heterocycles. The molecule has 0 aliphatic carbocycles. The Labute approximate surface area is 140 Å². The Morgan fingerprint density at radius 3 is 2.62 bits per heavy atom. The highest BCUT2D eigenvalue weighted by Crippen LogP contribution is 2.33. The highest BCUT2D eigenvalue weighted by atomic mass is 19.1. The second-order valence-corrected chi connectivity index (χ2v) is 5.94. The molecule has 0 amide bonds. The summed E-state index contributed by atoms with van der Waals surface area (Å²) in [5.74, 6) is 1.43. The summed E-state index contributed by atoms with van der Waals surface area (Å²) in [6.07, 6.45) is 1.26. The molecular weight excluding hydrogens is 303 g/mol. The highest BCUT2D eigenvalue weighted by Gasteiger charge is 2.22. The fourth-order valence-electron chi connectivity index (χ4n) is 3.09. The van der Waals surface area contributed by atoms with Crippen LogP contribution in [0.2, 0.25) is 0 Å². The van der Waals surface area contributed by atoms with Gasteiger partial charge in [0.2, 0.25) is 0 Å². The number of nitrogens with zero attached hydrogens (tertiary/aromatic N) is 4. The fraction of sp³-hybridized carbons (Fsp3) is 0.211. The molecule has 4 nitrogen and oxygen atoms in total. The second kappa shape index (κ2) is 6.00. The summed E-state index contributed by atoms with van der Waals surface area (Å²) in [6, 6.07) is 16.0. The predicted octanol–water partition coefficient (Wildman–Crippen LogP) is 4.07. The number of rotatable bonds is 2. The average molecular weight is 320 g/mol. The van der Waals surface area contributed by atoms with Gasteiger partial charge in [-0.15, -0.1) is 0 Å². The first-order valence-electron chi connectivity index (χ1n) is 8.05. The summed E-state index contributed by atoms with van der Waals surface area (Å²) in [7, 11) is 0. The Morgan fingerprint density at radius 2 is 1.83 bits per heavy atom. The Balaban J connectivity index is 1.81. The number of halogens is 1. The molecule has 0 saturated carbocycles. The third-order valence-electron chi connectivity index (χ3n) is 4.20. The van der Waals surface area contributed by atoms with Crippen molar-refractivity contribution in [3.8, 4) is 11.3 Å². The predicted molar refractivity (Wildman–Crippen MR) is 91.7 cm³/mol. The SMILES string of the molecule is Cc1cc(N2CCCc3ccc(-c4ccccc4)nc32)nc(F)n1. The van der Waals surface area contributed by atoms with Crippen LogP contribution in [0.1, 0.15) is 17.7 Å². The van der Waals surface area contributed by atoms with Crippen LogP contribution in [0.4, 0.5) is 16.0 Å². The van der Waals surface area contributed by atoms with Crippen LogP contribution >= 0.6 is 0 Å². The Kier molecular flexibility index (Phi) is 3.69. The topological polar surface area (TPSA) is 41.9 Å². The first kappa shape index (κ1) is 14.8. The Hall–Kier alpha value is -2.82. The normalized spacial score (nSPS) is 13.7. The zero-order valence-electron chi connectivity index (χ0n) is 13.4. The molecule has 1 aliphatic rings. The minimum Gasteiger partial charge on any atom is -0.311 e. The average Bonchev–Trinajstić information content (AvgIpc) is 2.60. The lowest BCUT2D eigenvalue weighted by Crippen LogP contribution is -2.27. The maximum absolute atomic E-state index is 13.6. The molecule has 0 fully saturated rings. The van der Waals surface area contributed by atoms with E-state index >= 15 is 0 Å². The van der Waals surface area contributed by atoms with Gasteiger partial charge in [-0.2, -0.15) is 9.37 Å². The van der Waals surface area contributed by atoms with Crippen LogP contribution in [-0.4, -0.2) is 21.5 Å². The van der Waals surface area contributed by atoms with Gasteiger partial charge in [0.1, 0.15) is 11.6 Å². The van der Waals surface area contributed by atoms with Gasteiger partial charge >= 0.3 is 6.08 Å². The second-order valence-electron chi connectivity index (χ2n) is 5.94. The van der Waals surface area contributed by atoms with Gasteiger partial charge in [-0.05, 0) is 31.4 Å². The van der Waals surface area contributed by atoms with Gasteiger partial charge in [-0.25, -0.2) is 9.97 Å². The van der Waals surface area contributed by atoms with Crippen molar-refractivity contribution in [1.82, 2.24) is 15.0 Å². The van der Waals surface area contributed by atoms with Gasteiger partial charge < -0.3 is 4.90 Å². The van der Waals surface area contributed by atoms with Crippen molar-refractivity contribution in [2.45, 2.75) is 19.8 Å². The Bertz CT molecular complexity index is 860. The van der Waals surface area contributed by atoms with E-state index in [1.807, 2.05) is 41.3 Å². The van der Waals surface area contributed by atoms with Gasteiger partial charge in [0.25, 0.3) is 0 Å². The van der Waals surface area contributed by atoms with E-state index in [1.54, 1.807) is 13.0 Å². The summed E-state index contributed by atoms with van der Waals surface area (Å²) in [4.78, 5) is 14.5. The van der Waals surface area contributed by atoms with Gasteiger partial charge in [0.15, 0.2) is 0 Å². The van der Waals surface area contributed by atoms with Crippen LogP contribution in [0.15, 0.2) is 48.5 Å². The lowest BCUT2D eigenvalue weighted by Gasteiger charge is -2.29. The number of hydrogen-bond acceptors (Lipinski definition) is 4. The molecule has 0 atom stereocenters. The van der Waals surface area contributed by atoms with Crippen molar-refractivity contribution in [1.29, 1.82) is 0 Å². The van der Waals surface area contributed by atoms with Crippen LogP contribution in [0.5, 0.6) is 0 Å². The maximum Gasteiger partial charge on any atom is 0.310 e. The van der Waals surface area contributed by atoms with Gasteiger partial charge in [-0.3, -0.25) is 0 Å². The molecule has 0 radical (unpaired) electrons. The van der Waals surface area contributed by atoms with E-state index in [9.17, 15) is 4.39 Å². The van der Waals surface area contributed by atoms with Gasteiger partial charge in [0.05, 0.1) is 5.69 Å². The summed E-state index contributed by atoms with van der Waals surface area (Å²) >= 11 is 0. The van der Waals surface area contributed by atoms with E-state index in [4.69, 9.17) is 4.98 Å². The van der Waals surface area contributed by atoms with Crippen molar-refractivity contribution >= 4 is 11.6 Å². The van der Waals surface area contributed by atoms with Gasteiger partial charge in [-0.1, -0.05) is 36.4 Å². The number of benzene rings is 1. The largest absolute Gasteiger partial charge is 0.311 e. The monoisotopic (exact) mass is 320 g/mol. The van der Waals surface area contributed by atoms with Crippen LogP contribution in [0.3, 0.4) is 0 Å². The zero-order chi connectivity index (χ0) is 16.5. The van der Waals surface area contributed by atoms with Crippen molar-refractivity contribution in [2.24, 2.45) is 0 Å². The first-order valence-corrected chi connectivity index (χ1v) is 8.05. The molecule has 0 spiro atoms. The van der Waals surface area contributed by atoms with Crippen LogP contribution < -0.4 is 4.90 Å². The first-order chi connectivity index (χ1) is 11.7. The number of aromatic nitrogens is 3. The minimum atomic E-state index is -0.698. The van der Waals surface area contributed by atoms with E-state index in [0.29, 0.717) is 11.5 Å². The molecule has 0 unspecified atom stereocenters. The minimum absolute atomic E-state index is 0.568. The van der Waals surface area contributed by atoms with Gasteiger partial charge in [0, 0.05) is 23.9 Å². The zero-order valence-corrected chi connectivity index (χ0v) is 13.4. The molecule has 1 aliphatic heterocycles. The molecule has 24 heavy (non-hydrogen) atoms. The molecule has 0 N–H and O–H groups in total. The standard InChI is InChI=1S/C19H17FN4/c1-13-12-17(23-19(20)21-13)24-11-5-8-15-9-10-16(22-18(15)24)14-6-3-2-4-7-14/h2-4,6-7,9-10,12H,5,8,11H2,1H3. The van der Waals surface area contributed by atoms with E-state index in [2.05, 4.69) is 16.0 Å². The third kappa shape index (κ3) is 2.73. The third-order valence-corrected chi connectivity index (χ3v) is 4.20. The van der Waals surface area contributed by atoms with Crippen LogP contribution in [0, 0.1) is 13.0 Å². The summed E-state index contributed by atoms with van der Waals surface area (Å²) in [6.45, 7) is 2.54. The van der Waals surface area contributed by atoms with E-state index in [0.717, 1.165) is 42.0 Å². The Morgan fingerprint density at radius 1 is 1.00 bits per heavy atom. The maximum atomic E-state index is 13.6. The lowest BCUT2D eigenvalue weighted by molar-refractivity contribution is 0.533. The van der Waals surface area contributed by atoms with Crippen molar-refractivity contribution < 1.29 is 4.39 Å². The van der Waals surface area contributed by atoms with E-state index < -0.39 is 6.08 Å². The van der Waals surface area contributed by atoms with E-state index in [1.165, 1.54) is 0 Å². The number of fused-ring (bicyclic) bond motifs is 1. The summed E-state index contributed by atoms with van der Waals surface area (Å²) in [5, 5.41) is 0. The highest BCUT2D eigenvalue weighted by molar-refractivity contribution is 5.67. The van der Waals surface area contributed by atoms with Crippen molar-refractivity contribution in [3.63, 3.8) is 0 Å². The van der Waals surface area contributed by atoms with Crippen molar-refractivity contribution in [2.75, 3.05) is 11.4 Å². The fourth-order valence-corrected chi connectivity index (χ4v) is 3.09. The molecular formula is C19H17FN4. The quantitative estimate of drug-likeness (QED) is 0.668. The van der Waals surface area contributed by atoms with Crippen LogP contribution in [-0.2, 0) is 6.42 Å². The lowest BCUT2D eigenvalue weighted by atomic mass is 10.0. The summed E-state index contributed by atoms with van der Waals surface area (Å²) < 4.78 is 13.6. The number of hydrogen-bond donors (Lipinski definition) is 0. The smallest absolute Gasteiger partial charge is 0.310 e. The van der Waals surface area contributed by atoms with Crippen molar-refractivity contribution in [3.05, 3.63) is 65.9 Å². The molecule has 3 aromatic rings. The van der Waals surface area contributed by atoms with E-state index in [-0.39, 0.29) is 0 Å². The molecule has 1 aromatic carbocycles. The molecule has 3 heterocycles. The number of pyridine rings is 1. The molecule has 5 heteroatoms. The summed E-state index contributed by atoms with van der Waals surface area (Å²) in [5.41, 5.74) is 3.75. The number of aryl methyl sites for hydroxylation is 2. The molecule has 120 valence electrons. The van der Waals surface area contributed by atoms with Crippen LogP contribution in [0.25, 0.3) is 11.3 Å². The number of anilines is 2.